The average molecular weight is 314 g/mol. The Hall–Kier alpha value is -1.81. The molecule has 0 spiro atoms. The van der Waals surface area contributed by atoms with Gasteiger partial charge in [-0.05, 0) is 30.1 Å². The highest BCUT2D eigenvalue weighted by Gasteiger charge is 2.16. The lowest BCUT2D eigenvalue weighted by molar-refractivity contribution is -0.462. The van der Waals surface area contributed by atoms with Crippen molar-refractivity contribution in [1.82, 2.24) is 4.90 Å². The second kappa shape index (κ2) is 7.45. The van der Waals surface area contributed by atoms with Crippen molar-refractivity contribution in [2.45, 2.75) is 13.0 Å². The number of allylic oxidation sites excluding steroid dienone is 7. The van der Waals surface area contributed by atoms with Crippen molar-refractivity contribution in [2.75, 3.05) is 28.2 Å². The Bertz CT molecular complexity index is 639. The standard InChI is InChI=1S/C18H24N3S/c1-14-12-15(20(2)3)9-7-11-19-17-10-6-8-16(21(4)5)13-18(17)22-14/h6-13,17H,1-5H3/q+1/b9-7-,14-12+,19-11?. The second-order valence-electron chi connectivity index (χ2n) is 5.70. The normalized spacial score (nSPS) is 25.2. The molecule has 0 fully saturated rings. The van der Waals surface area contributed by atoms with Crippen LogP contribution in [0.1, 0.15) is 6.92 Å². The quantitative estimate of drug-likeness (QED) is 0.692. The van der Waals surface area contributed by atoms with Gasteiger partial charge in [-0.1, -0.05) is 23.9 Å². The summed E-state index contributed by atoms with van der Waals surface area (Å²) in [6, 6.07) is 0.0765. The third-order valence-electron chi connectivity index (χ3n) is 3.40. The number of aliphatic imine (C=N–C) groups is 1. The molecule has 2 aliphatic rings. The average Bonchev–Trinajstić information content (AvgIpc) is 2.65. The van der Waals surface area contributed by atoms with Gasteiger partial charge < -0.3 is 4.90 Å². The smallest absolute Gasteiger partial charge is 0.200 e. The lowest BCUT2D eigenvalue weighted by Crippen LogP contribution is -2.11. The molecule has 0 amide bonds. The third-order valence-corrected chi connectivity index (χ3v) is 4.44. The predicted molar refractivity (Wildman–Crippen MR) is 98.9 cm³/mol. The molecular formula is C18H24N3S+. The van der Waals surface area contributed by atoms with Crippen molar-refractivity contribution < 1.29 is 4.58 Å². The van der Waals surface area contributed by atoms with Gasteiger partial charge in [-0.25, -0.2) is 4.58 Å². The van der Waals surface area contributed by atoms with Gasteiger partial charge in [0.15, 0.2) is 5.71 Å². The van der Waals surface area contributed by atoms with Crippen molar-refractivity contribution in [1.29, 1.82) is 0 Å². The van der Waals surface area contributed by atoms with Crippen molar-refractivity contribution in [3.05, 3.63) is 58.0 Å². The molecule has 0 bridgehead atoms. The number of likely N-dealkylation sites (N-methyl/N-ethyl adjacent to an activating group) is 1. The molecule has 0 radical (unpaired) electrons. The zero-order chi connectivity index (χ0) is 16.1. The fourth-order valence-corrected chi connectivity index (χ4v) is 3.15. The van der Waals surface area contributed by atoms with Crippen LogP contribution in [0.3, 0.4) is 0 Å². The van der Waals surface area contributed by atoms with Gasteiger partial charge in [0.25, 0.3) is 0 Å². The molecule has 0 saturated heterocycles. The Balaban J connectivity index is 2.46. The molecule has 1 aliphatic heterocycles. The number of nitrogens with zero attached hydrogens (tertiary/aromatic N) is 3. The molecule has 4 heteroatoms. The van der Waals surface area contributed by atoms with Crippen LogP contribution in [0.25, 0.3) is 0 Å². The van der Waals surface area contributed by atoms with E-state index in [4.69, 9.17) is 4.99 Å². The summed E-state index contributed by atoms with van der Waals surface area (Å²) in [6.45, 7) is 2.15. The molecule has 1 atom stereocenters. The molecular weight excluding hydrogens is 290 g/mol. The van der Waals surface area contributed by atoms with E-state index >= 15 is 0 Å². The van der Waals surface area contributed by atoms with E-state index in [-0.39, 0.29) is 6.04 Å². The Morgan fingerprint density at radius 3 is 2.64 bits per heavy atom. The van der Waals surface area contributed by atoms with Crippen molar-refractivity contribution in [3.63, 3.8) is 0 Å². The molecule has 2 rings (SSSR count). The van der Waals surface area contributed by atoms with Gasteiger partial charge in [0, 0.05) is 43.1 Å². The molecule has 0 saturated carbocycles. The molecule has 1 heterocycles. The molecule has 0 aromatic rings. The first-order chi connectivity index (χ1) is 10.5. The number of fused-ring (bicyclic) bond motifs is 1. The number of hydrogen-bond donors (Lipinski definition) is 0. The van der Waals surface area contributed by atoms with E-state index in [0.29, 0.717) is 0 Å². The van der Waals surface area contributed by atoms with E-state index in [1.807, 2.05) is 12.3 Å². The summed E-state index contributed by atoms with van der Waals surface area (Å²) in [6.07, 6.45) is 16.8. The van der Waals surface area contributed by atoms with Crippen molar-refractivity contribution >= 4 is 23.7 Å². The summed E-state index contributed by atoms with van der Waals surface area (Å²) in [5, 5.41) is 0. The molecule has 1 aliphatic carbocycles. The van der Waals surface area contributed by atoms with Crippen LogP contribution >= 0.6 is 11.8 Å². The van der Waals surface area contributed by atoms with Crippen molar-refractivity contribution in [2.24, 2.45) is 4.99 Å². The number of rotatable bonds is 1. The van der Waals surface area contributed by atoms with Gasteiger partial charge in [-0.3, -0.25) is 4.99 Å². The van der Waals surface area contributed by atoms with E-state index in [1.165, 1.54) is 21.2 Å². The van der Waals surface area contributed by atoms with E-state index in [0.717, 1.165) is 0 Å². The monoisotopic (exact) mass is 314 g/mol. The lowest BCUT2D eigenvalue weighted by atomic mass is 10.2. The molecule has 0 aromatic carbocycles. The van der Waals surface area contributed by atoms with Crippen LogP contribution in [0.15, 0.2) is 63.0 Å². The third kappa shape index (κ3) is 4.34. The van der Waals surface area contributed by atoms with Gasteiger partial charge in [-0.2, -0.15) is 0 Å². The Morgan fingerprint density at radius 1 is 1.18 bits per heavy atom. The number of thioether (sulfide) groups is 1. The van der Waals surface area contributed by atoms with Crippen LogP contribution in [0.5, 0.6) is 0 Å². The van der Waals surface area contributed by atoms with Crippen LogP contribution in [0, 0.1) is 0 Å². The fraction of sp³-hybridized carbons (Fsp3) is 0.333. The molecule has 1 unspecified atom stereocenters. The van der Waals surface area contributed by atoms with Gasteiger partial charge in [0.2, 0.25) is 0 Å². The zero-order valence-corrected chi connectivity index (χ0v) is 14.8. The van der Waals surface area contributed by atoms with Crippen LogP contribution in [0.2, 0.25) is 0 Å². The summed E-state index contributed by atoms with van der Waals surface area (Å²) in [7, 11) is 8.24. The lowest BCUT2D eigenvalue weighted by Gasteiger charge is -2.16. The van der Waals surface area contributed by atoms with Crippen molar-refractivity contribution in [3.8, 4) is 0 Å². The predicted octanol–water partition coefficient (Wildman–Crippen LogP) is 3.24. The maximum absolute atomic E-state index is 4.69. The summed E-state index contributed by atoms with van der Waals surface area (Å²) in [4.78, 5) is 9.32. The highest BCUT2D eigenvalue weighted by Crippen LogP contribution is 2.32. The van der Waals surface area contributed by atoms with E-state index in [1.54, 1.807) is 11.8 Å². The fourth-order valence-electron chi connectivity index (χ4n) is 2.16. The van der Waals surface area contributed by atoms with Crippen LogP contribution in [-0.4, -0.2) is 55.6 Å². The highest BCUT2D eigenvalue weighted by atomic mass is 32.2. The van der Waals surface area contributed by atoms with Gasteiger partial charge in [0.05, 0.1) is 6.04 Å². The topological polar surface area (TPSA) is 18.6 Å². The molecule has 116 valence electrons. The largest absolute Gasteiger partial charge is 0.378 e. The van der Waals surface area contributed by atoms with E-state index < -0.39 is 0 Å². The zero-order valence-electron chi connectivity index (χ0n) is 13.9. The molecule has 0 N–H and O–H groups in total. The van der Waals surface area contributed by atoms with E-state index in [2.05, 4.69) is 81.0 Å². The van der Waals surface area contributed by atoms with Crippen LogP contribution < -0.4 is 0 Å². The summed E-state index contributed by atoms with van der Waals surface area (Å²) < 4.78 is 2.11. The second-order valence-corrected chi connectivity index (χ2v) is 7.02. The van der Waals surface area contributed by atoms with E-state index in [9.17, 15) is 0 Å². The summed E-state index contributed by atoms with van der Waals surface area (Å²) >= 11 is 1.79. The van der Waals surface area contributed by atoms with Crippen LogP contribution in [0.4, 0.5) is 0 Å². The minimum Gasteiger partial charge on any atom is -0.378 e. The Labute approximate surface area is 137 Å². The maximum Gasteiger partial charge on any atom is 0.200 e. The minimum atomic E-state index is 0.0765. The Morgan fingerprint density at radius 2 is 1.95 bits per heavy atom. The Kier molecular flexibility index (Phi) is 5.61. The molecule has 0 aromatic heterocycles. The number of hydrogen-bond acceptors (Lipinski definition) is 3. The summed E-state index contributed by atoms with van der Waals surface area (Å²) in [5.41, 5.74) is 2.36. The van der Waals surface area contributed by atoms with Gasteiger partial charge in [0.1, 0.15) is 14.1 Å². The summed E-state index contributed by atoms with van der Waals surface area (Å²) in [5.74, 6) is 0. The first kappa shape index (κ1) is 16.6. The molecule has 3 nitrogen and oxygen atoms in total. The highest BCUT2D eigenvalue weighted by molar-refractivity contribution is 8.06. The maximum atomic E-state index is 4.69. The first-order valence-electron chi connectivity index (χ1n) is 7.35. The SMILES string of the molecule is C/C1=C\C(=[N+](C)C)/C=C\C=NC2C=CC=C(N(C)C)C=C2S1. The van der Waals surface area contributed by atoms with Gasteiger partial charge >= 0.3 is 0 Å². The first-order valence-corrected chi connectivity index (χ1v) is 8.16. The molecule has 22 heavy (non-hydrogen) atoms. The van der Waals surface area contributed by atoms with Crippen LogP contribution in [-0.2, 0) is 0 Å². The minimum absolute atomic E-state index is 0.0765. The van der Waals surface area contributed by atoms with Gasteiger partial charge in [-0.15, -0.1) is 0 Å².